The van der Waals surface area contributed by atoms with Crippen molar-refractivity contribution in [1.29, 1.82) is 0 Å². The molecule has 2 aromatic rings. The van der Waals surface area contributed by atoms with E-state index in [1.165, 1.54) is 5.69 Å². The van der Waals surface area contributed by atoms with Crippen molar-refractivity contribution in [2.75, 3.05) is 0 Å². The van der Waals surface area contributed by atoms with Crippen LogP contribution < -0.4 is 5.73 Å². The third kappa shape index (κ3) is 1.50. The number of primary amides is 1. The van der Waals surface area contributed by atoms with E-state index in [9.17, 15) is 4.79 Å². The Kier molecular flexibility index (Phi) is 2.23. The van der Waals surface area contributed by atoms with Gasteiger partial charge in [0.15, 0.2) is 0 Å². The highest BCUT2D eigenvalue weighted by molar-refractivity contribution is 5.97. The fraction of sp³-hybridized carbons (Fsp3) is 0.250. The lowest BCUT2D eigenvalue weighted by Crippen LogP contribution is -2.10. The minimum Gasteiger partial charge on any atom is -0.366 e. The van der Waals surface area contributed by atoms with E-state index in [-0.39, 0.29) is 5.91 Å². The quantitative estimate of drug-likeness (QED) is 0.793. The molecule has 1 aromatic carbocycles. The monoisotopic (exact) mass is 202 g/mol. The highest BCUT2D eigenvalue weighted by Gasteiger charge is 2.07. The maximum atomic E-state index is 11.0. The number of carbonyl (C=O) groups excluding carboxylic acids is 1. The number of carbonyl (C=O) groups is 1. The Hall–Kier alpha value is -1.77. The maximum Gasteiger partial charge on any atom is 0.248 e. The molecule has 1 heterocycles. The topological polar surface area (TPSA) is 48.0 Å². The van der Waals surface area contributed by atoms with Gasteiger partial charge in [0, 0.05) is 23.8 Å². The molecule has 2 N–H and O–H groups in total. The number of hydrogen-bond acceptors (Lipinski definition) is 1. The number of rotatable bonds is 2. The number of nitrogens with two attached hydrogens (primary N) is 1. The van der Waals surface area contributed by atoms with Crippen LogP contribution in [0.15, 0.2) is 24.3 Å². The Morgan fingerprint density at radius 3 is 2.73 bits per heavy atom. The highest BCUT2D eigenvalue weighted by atomic mass is 16.1. The van der Waals surface area contributed by atoms with Crippen molar-refractivity contribution in [3.63, 3.8) is 0 Å². The summed E-state index contributed by atoms with van der Waals surface area (Å²) in [6, 6.07) is 7.69. The molecule has 0 aliphatic heterocycles. The van der Waals surface area contributed by atoms with Gasteiger partial charge in [-0.25, -0.2) is 0 Å². The van der Waals surface area contributed by atoms with E-state index in [2.05, 4.69) is 17.6 Å². The second-order valence-corrected chi connectivity index (χ2v) is 3.69. The molecule has 0 radical (unpaired) electrons. The molecule has 0 unspecified atom stereocenters. The first-order valence-electron chi connectivity index (χ1n) is 5.01. The third-order valence-electron chi connectivity index (χ3n) is 2.79. The number of benzene rings is 1. The van der Waals surface area contributed by atoms with Crippen LogP contribution in [0.5, 0.6) is 0 Å². The van der Waals surface area contributed by atoms with Crippen molar-refractivity contribution in [1.82, 2.24) is 4.57 Å². The molecule has 2 rings (SSSR count). The molecule has 15 heavy (non-hydrogen) atoms. The molecule has 0 aliphatic rings. The summed E-state index contributed by atoms with van der Waals surface area (Å²) < 4.78 is 2.10. The van der Waals surface area contributed by atoms with Crippen LogP contribution in [0.25, 0.3) is 10.9 Å². The van der Waals surface area contributed by atoms with Crippen LogP contribution >= 0.6 is 0 Å². The first-order valence-corrected chi connectivity index (χ1v) is 5.01. The smallest absolute Gasteiger partial charge is 0.248 e. The van der Waals surface area contributed by atoms with Crippen LogP contribution in [-0.4, -0.2) is 10.5 Å². The molecule has 0 bridgehead atoms. The average Bonchev–Trinajstić information content (AvgIpc) is 2.55. The van der Waals surface area contributed by atoms with Crippen molar-refractivity contribution in [2.45, 2.75) is 13.3 Å². The van der Waals surface area contributed by atoms with Gasteiger partial charge in [-0.1, -0.05) is 13.0 Å². The van der Waals surface area contributed by atoms with Crippen LogP contribution in [0.1, 0.15) is 23.0 Å². The van der Waals surface area contributed by atoms with Gasteiger partial charge >= 0.3 is 0 Å². The predicted octanol–water partition coefficient (Wildman–Crippen LogP) is 1.84. The fourth-order valence-corrected chi connectivity index (χ4v) is 1.88. The largest absolute Gasteiger partial charge is 0.366 e. The number of hydrogen-bond donors (Lipinski definition) is 1. The predicted molar refractivity (Wildman–Crippen MR) is 60.8 cm³/mol. The highest BCUT2D eigenvalue weighted by Crippen LogP contribution is 2.20. The first kappa shape index (κ1) is 9.77. The molecule has 0 fully saturated rings. The Bertz CT molecular complexity index is 526. The lowest BCUT2D eigenvalue weighted by molar-refractivity contribution is 0.100. The van der Waals surface area contributed by atoms with Gasteiger partial charge in [0.2, 0.25) is 5.91 Å². The molecule has 1 amide bonds. The van der Waals surface area contributed by atoms with Gasteiger partial charge in [-0.05, 0) is 30.0 Å². The standard InChI is InChI=1S/C12H14N2O/c1-3-10-6-8-4-5-9(12(13)15)7-11(8)14(10)2/h4-7H,3H2,1-2H3,(H2,13,15). The fourth-order valence-electron chi connectivity index (χ4n) is 1.88. The van der Waals surface area contributed by atoms with Gasteiger partial charge in [0.1, 0.15) is 0 Å². The zero-order valence-electron chi connectivity index (χ0n) is 8.95. The van der Waals surface area contributed by atoms with Crippen LogP contribution in [0.4, 0.5) is 0 Å². The number of aromatic nitrogens is 1. The molecule has 0 aliphatic carbocycles. The van der Waals surface area contributed by atoms with Crippen molar-refractivity contribution in [3.8, 4) is 0 Å². The molecule has 3 nitrogen and oxygen atoms in total. The van der Waals surface area contributed by atoms with Crippen LogP contribution in [0.2, 0.25) is 0 Å². The molecule has 0 spiro atoms. The SMILES string of the molecule is CCc1cc2ccc(C(N)=O)cc2n1C. The molecule has 0 atom stereocenters. The van der Waals surface area contributed by atoms with E-state index >= 15 is 0 Å². The van der Waals surface area contributed by atoms with E-state index in [1.54, 1.807) is 6.07 Å². The zero-order chi connectivity index (χ0) is 11.0. The summed E-state index contributed by atoms with van der Waals surface area (Å²) >= 11 is 0. The lowest BCUT2D eigenvalue weighted by Gasteiger charge is -2.01. The number of fused-ring (bicyclic) bond motifs is 1. The minimum absolute atomic E-state index is 0.379. The Labute approximate surface area is 88.5 Å². The Morgan fingerprint density at radius 1 is 1.40 bits per heavy atom. The van der Waals surface area contributed by atoms with Gasteiger partial charge in [0.05, 0.1) is 0 Å². The first-order chi connectivity index (χ1) is 7.13. The van der Waals surface area contributed by atoms with E-state index in [4.69, 9.17) is 5.73 Å². The van der Waals surface area contributed by atoms with Gasteiger partial charge in [0.25, 0.3) is 0 Å². The number of nitrogens with zero attached hydrogens (tertiary/aromatic N) is 1. The zero-order valence-corrected chi connectivity index (χ0v) is 8.95. The summed E-state index contributed by atoms with van der Waals surface area (Å²) in [5, 5.41) is 1.15. The van der Waals surface area contributed by atoms with E-state index < -0.39 is 0 Å². The molecular formula is C12H14N2O. The molecular weight excluding hydrogens is 188 g/mol. The Balaban J connectivity index is 2.70. The summed E-state index contributed by atoms with van der Waals surface area (Å²) in [5.41, 5.74) is 8.12. The Morgan fingerprint density at radius 2 is 2.13 bits per heavy atom. The number of aryl methyl sites for hydroxylation is 2. The second kappa shape index (κ2) is 3.42. The van der Waals surface area contributed by atoms with E-state index in [0.29, 0.717) is 5.56 Å². The van der Waals surface area contributed by atoms with Crippen LogP contribution in [0, 0.1) is 0 Å². The summed E-state index contributed by atoms with van der Waals surface area (Å²) in [4.78, 5) is 11.0. The van der Waals surface area contributed by atoms with Crippen molar-refractivity contribution in [3.05, 3.63) is 35.5 Å². The van der Waals surface area contributed by atoms with Gasteiger partial charge in [-0.15, -0.1) is 0 Å². The van der Waals surface area contributed by atoms with E-state index in [0.717, 1.165) is 17.3 Å². The normalized spacial score (nSPS) is 10.8. The molecule has 0 saturated heterocycles. The van der Waals surface area contributed by atoms with Crippen LogP contribution in [0.3, 0.4) is 0 Å². The molecule has 78 valence electrons. The molecule has 3 heteroatoms. The van der Waals surface area contributed by atoms with E-state index in [1.807, 2.05) is 19.2 Å². The summed E-state index contributed by atoms with van der Waals surface area (Å²) in [6.45, 7) is 2.11. The third-order valence-corrected chi connectivity index (χ3v) is 2.79. The van der Waals surface area contributed by atoms with Gasteiger partial charge in [-0.2, -0.15) is 0 Å². The molecule has 0 saturated carbocycles. The second-order valence-electron chi connectivity index (χ2n) is 3.69. The van der Waals surface area contributed by atoms with Crippen molar-refractivity contribution in [2.24, 2.45) is 12.8 Å². The maximum absolute atomic E-state index is 11.0. The average molecular weight is 202 g/mol. The summed E-state index contributed by atoms with van der Waals surface area (Å²) in [7, 11) is 2.01. The molecule has 1 aromatic heterocycles. The van der Waals surface area contributed by atoms with Crippen molar-refractivity contribution < 1.29 is 4.79 Å². The lowest BCUT2D eigenvalue weighted by atomic mass is 10.1. The van der Waals surface area contributed by atoms with Gasteiger partial charge < -0.3 is 10.3 Å². The summed E-state index contributed by atoms with van der Waals surface area (Å²) in [6.07, 6.45) is 0.983. The van der Waals surface area contributed by atoms with Crippen LogP contribution in [-0.2, 0) is 13.5 Å². The minimum atomic E-state index is -0.379. The van der Waals surface area contributed by atoms with Gasteiger partial charge in [-0.3, -0.25) is 4.79 Å². The number of amides is 1. The van der Waals surface area contributed by atoms with Crippen molar-refractivity contribution >= 4 is 16.8 Å². The summed E-state index contributed by atoms with van der Waals surface area (Å²) in [5.74, 6) is -0.379.